The molecular weight excluding hydrogens is 556 g/mol. The van der Waals surface area contributed by atoms with Crippen LogP contribution in [-0.4, -0.2) is 34.6 Å². The second-order valence-corrected chi connectivity index (χ2v) is 12.0. The van der Waals surface area contributed by atoms with Crippen LogP contribution in [0.1, 0.15) is 54.4 Å². The van der Waals surface area contributed by atoms with Crippen LogP contribution >= 0.6 is 27.7 Å². The molecule has 38 heavy (non-hydrogen) atoms. The van der Waals surface area contributed by atoms with E-state index in [1.807, 2.05) is 66.7 Å². The van der Waals surface area contributed by atoms with Crippen LogP contribution in [0.25, 0.3) is 0 Å². The van der Waals surface area contributed by atoms with E-state index < -0.39 is 6.04 Å². The van der Waals surface area contributed by atoms with Gasteiger partial charge >= 0.3 is 0 Å². The van der Waals surface area contributed by atoms with Gasteiger partial charge in [0.1, 0.15) is 6.04 Å². The number of halogens is 1. The molecule has 1 aliphatic rings. The highest BCUT2D eigenvalue weighted by molar-refractivity contribution is 9.10. The highest BCUT2D eigenvalue weighted by atomic mass is 79.9. The normalized spacial score (nSPS) is 14.6. The molecule has 4 nitrogen and oxygen atoms in total. The van der Waals surface area contributed by atoms with Crippen molar-refractivity contribution in [1.29, 1.82) is 0 Å². The number of aryl methyl sites for hydroxylation is 1. The summed E-state index contributed by atoms with van der Waals surface area (Å²) in [5.41, 5.74) is 4.52. The number of carbonyl (C=O) groups is 2. The fraction of sp³-hybridized carbons (Fsp3) is 0.375. The molecule has 0 radical (unpaired) electrons. The quantitative estimate of drug-likeness (QED) is 0.259. The summed E-state index contributed by atoms with van der Waals surface area (Å²) < 4.78 is 0.961. The first kappa shape index (κ1) is 28.4. The first-order valence-corrected chi connectivity index (χ1v) is 15.4. The van der Waals surface area contributed by atoms with Crippen molar-refractivity contribution in [1.82, 2.24) is 10.2 Å². The van der Waals surface area contributed by atoms with Crippen molar-refractivity contribution in [2.24, 2.45) is 0 Å². The lowest BCUT2D eigenvalue weighted by molar-refractivity contribution is -0.139. The molecule has 3 aromatic rings. The Morgan fingerprint density at radius 1 is 0.947 bits per heavy atom. The molecule has 0 spiro atoms. The second kappa shape index (κ2) is 14.5. The minimum absolute atomic E-state index is 0.0108. The highest BCUT2D eigenvalue weighted by Gasteiger charge is 2.31. The summed E-state index contributed by atoms with van der Waals surface area (Å²) >= 11 is 5.17. The number of benzene rings is 3. The van der Waals surface area contributed by atoms with Crippen molar-refractivity contribution in [2.45, 2.75) is 69.8 Å². The lowest BCUT2D eigenvalue weighted by atomic mass is 9.94. The van der Waals surface area contributed by atoms with E-state index in [0.29, 0.717) is 18.7 Å². The summed E-state index contributed by atoms with van der Waals surface area (Å²) in [6.45, 7) is 2.49. The van der Waals surface area contributed by atoms with Gasteiger partial charge in [0.2, 0.25) is 11.8 Å². The molecule has 0 saturated heterocycles. The molecule has 1 fully saturated rings. The van der Waals surface area contributed by atoms with Crippen molar-refractivity contribution in [3.8, 4) is 0 Å². The molecule has 0 aromatic heterocycles. The minimum atomic E-state index is -0.579. The molecule has 0 bridgehead atoms. The van der Waals surface area contributed by atoms with Crippen LogP contribution in [0.2, 0.25) is 0 Å². The molecule has 200 valence electrons. The van der Waals surface area contributed by atoms with E-state index in [-0.39, 0.29) is 17.9 Å². The summed E-state index contributed by atoms with van der Waals surface area (Å²) in [7, 11) is 0. The van der Waals surface area contributed by atoms with Gasteiger partial charge in [0.15, 0.2) is 0 Å². The Morgan fingerprint density at radius 3 is 2.39 bits per heavy atom. The molecule has 0 unspecified atom stereocenters. The number of thioether (sulfide) groups is 1. The fourth-order valence-electron chi connectivity index (χ4n) is 5.03. The zero-order valence-electron chi connectivity index (χ0n) is 22.1. The van der Waals surface area contributed by atoms with E-state index in [2.05, 4.69) is 40.3 Å². The largest absolute Gasteiger partial charge is 0.352 e. The average molecular weight is 594 g/mol. The van der Waals surface area contributed by atoms with Crippen LogP contribution < -0.4 is 5.32 Å². The van der Waals surface area contributed by atoms with E-state index >= 15 is 0 Å². The monoisotopic (exact) mass is 592 g/mol. The van der Waals surface area contributed by atoms with Crippen molar-refractivity contribution < 1.29 is 9.59 Å². The van der Waals surface area contributed by atoms with Gasteiger partial charge in [-0.2, -0.15) is 0 Å². The Morgan fingerprint density at radius 2 is 1.66 bits per heavy atom. The van der Waals surface area contributed by atoms with Gasteiger partial charge in [0, 0.05) is 29.2 Å². The van der Waals surface area contributed by atoms with E-state index in [0.717, 1.165) is 47.0 Å². The van der Waals surface area contributed by atoms with Gasteiger partial charge in [-0.15, -0.1) is 11.8 Å². The number of carbonyl (C=O) groups excluding carboxylic acids is 2. The third kappa shape index (κ3) is 8.47. The first-order chi connectivity index (χ1) is 18.5. The van der Waals surface area contributed by atoms with Gasteiger partial charge in [0.05, 0.1) is 5.75 Å². The molecule has 1 atom stereocenters. The number of rotatable bonds is 11. The predicted octanol–water partition coefficient (Wildman–Crippen LogP) is 7.08. The topological polar surface area (TPSA) is 49.4 Å². The third-order valence-corrected chi connectivity index (χ3v) is 8.67. The number of hydrogen-bond acceptors (Lipinski definition) is 3. The van der Waals surface area contributed by atoms with E-state index in [4.69, 9.17) is 0 Å². The van der Waals surface area contributed by atoms with Crippen molar-refractivity contribution in [3.63, 3.8) is 0 Å². The van der Waals surface area contributed by atoms with Gasteiger partial charge in [-0.1, -0.05) is 102 Å². The zero-order valence-corrected chi connectivity index (χ0v) is 24.5. The van der Waals surface area contributed by atoms with Crippen LogP contribution in [0, 0.1) is 6.92 Å². The van der Waals surface area contributed by atoms with Crippen LogP contribution in [0.5, 0.6) is 0 Å². The van der Waals surface area contributed by atoms with Gasteiger partial charge in [-0.25, -0.2) is 0 Å². The molecule has 1 N–H and O–H groups in total. The molecular formula is C32H37BrN2O2S. The molecule has 6 heteroatoms. The predicted molar refractivity (Wildman–Crippen MR) is 161 cm³/mol. The van der Waals surface area contributed by atoms with Crippen LogP contribution in [0.3, 0.4) is 0 Å². The van der Waals surface area contributed by atoms with Gasteiger partial charge in [-0.3, -0.25) is 9.59 Å². The Kier molecular flexibility index (Phi) is 10.9. The van der Waals surface area contributed by atoms with E-state index in [1.165, 1.54) is 17.5 Å². The summed E-state index contributed by atoms with van der Waals surface area (Å²) in [5, 5.41) is 3.31. The molecule has 0 heterocycles. The maximum Gasteiger partial charge on any atom is 0.243 e. The maximum absolute atomic E-state index is 13.8. The summed E-state index contributed by atoms with van der Waals surface area (Å²) in [4.78, 5) is 29.5. The van der Waals surface area contributed by atoms with Crippen LogP contribution in [0.15, 0.2) is 83.3 Å². The Hall–Kier alpha value is -2.57. The molecule has 4 rings (SSSR count). The first-order valence-electron chi connectivity index (χ1n) is 13.5. The van der Waals surface area contributed by atoms with Gasteiger partial charge < -0.3 is 10.2 Å². The number of nitrogens with one attached hydrogen (secondary N) is 1. The Labute approximate surface area is 239 Å². The summed E-state index contributed by atoms with van der Waals surface area (Å²) in [5.74, 6) is 1.03. The second-order valence-electron chi connectivity index (χ2n) is 10.1. The SMILES string of the molecule is Cc1ccccc1CSCC(=O)N(Cc1cccc(Br)c1)[C@@H](Cc1ccccc1)C(=O)NC1CCCCC1. The Balaban J connectivity index is 1.57. The average Bonchev–Trinajstić information content (AvgIpc) is 2.93. The number of hydrogen-bond donors (Lipinski definition) is 1. The lowest BCUT2D eigenvalue weighted by Crippen LogP contribution is -2.53. The van der Waals surface area contributed by atoms with Crippen molar-refractivity contribution >= 4 is 39.5 Å². The molecule has 2 amide bonds. The van der Waals surface area contributed by atoms with E-state index in [9.17, 15) is 9.59 Å². The molecule has 3 aromatic carbocycles. The third-order valence-electron chi connectivity index (χ3n) is 7.21. The minimum Gasteiger partial charge on any atom is -0.352 e. The van der Waals surface area contributed by atoms with E-state index in [1.54, 1.807) is 16.7 Å². The summed E-state index contributed by atoms with van der Waals surface area (Å²) in [6.07, 6.45) is 6.02. The molecule has 0 aliphatic heterocycles. The van der Waals surface area contributed by atoms with Gasteiger partial charge in [0.25, 0.3) is 0 Å². The Bertz CT molecular complexity index is 1200. The van der Waals surface area contributed by atoms with Crippen molar-refractivity contribution in [3.05, 3.63) is 106 Å². The number of nitrogens with zero attached hydrogens (tertiary/aromatic N) is 1. The zero-order chi connectivity index (χ0) is 26.7. The number of amides is 2. The maximum atomic E-state index is 13.8. The molecule has 1 saturated carbocycles. The fourth-order valence-corrected chi connectivity index (χ4v) is 6.47. The van der Waals surface area contributed by atoms with Crippen LogP contribution in [-0.2, 0) is 28.3 Å². The molecule has 1 aliphatic carbocycles. The van der Waals surface area contributed by atoms with Crippen LogP contribution in [0.4, 0.5) is 0 Å². The summed E-state index contributed by atoms with van der Waals surface area (Å²) in [6, 6.07) is 25.9. The van der Waals surface area contributed by atoms with Crippen molar-refractivity contribution in [2.75, 3.05) is 5.75 Å². The highest BCUT2D eigenvalue weighted by Crippen LogP contribution is 2.22. The standard InChI is InChI=1S/C32H37BrN2O2S/c1-24-11-8-9-15-27(24)22-38-23-31(36)35(21-26-14-10-16-28(33)19-26)30(20-25-12-4-2-5-13-25)32(37)34-29-17-6-3-7-18-29/h2,4-5,8-16,19,29-30H,3,6-7,17-18,20-23H2,1H3,(H,34,37)/t30-/m0/s1. The lowest BCUT2D eigenvalue weighted by Gasteiger charge is -2.33. The smallest absolute Gasteiger partial charge is 0.243 e. The van der Waals surface area contributed by atoms with Gasteiger partial charge in [-0.05, 0) is 54.2 Å².